The topological polar surface area (TPSA) is 92.9 Å². The van der Waals surface area contributed by atoms with E-state index in [2.05, 4.69) is 15.0 Å². The Bertz CT molecular complexity index is 581. The third-order valence-electron chi connectivity index (χ3n) is 3.18. The zero-order valence-electron chi connectivity index (χ0n) is 10.7. The Labute approximate surface area is 108 Å². The molecule has 0 bridgehead atoms. The lowest BCUT2D eigenvalue weighted by molar-refractivity contribution is -0.00710. The molecule has 1 saturated heterocycles. The van der Waals surface area contributed by atoms with E-state index in [0.717, 1.165) is 17.2 Å². The van der Waals surface area contributed by atoms with Crippen molar-refractivity contribution in [3.8, 4) is 0 Å². The first kappa shape index (κ1) is 13.5. The largest absolute Gasteiger partial charge is 0.354 e. The molecule has 2 rings (SSSR count). The van der Waals surface area contributed by atoms with E-state index in [1.165, 1.54) is 6.92 Å². The lowest BCUT2D eigenvalue weighted by Crippen LogP contribution is -2.32. The van der Waals surface area contributed by atoms with Gasteiger partial charge in [-0.05, 0) is 25.3 Å². The highest BCUT2D eigenvalue weighted by Crippen LogP contribution is 2.32. The molecule has 1 fully saturated rings. The number of hydrogen-bond acceptors (Lipinski definition) is 4. The fraction of sp³-hybridized carbons (Fsp3) is 0.636. The second-order valence-electron chi connectivity index (χ2n) is 4.43. The summed E-state index contributed by atoms with van der Waals surface area (Å²) >= 11 is 0. The highest BCUT2D eigenvalue weighted by Gasteiger charge is 2.35. The first-order valence-corrected chi connectivity index (χ1v) is 6.01. The number of ether oxygens (including phenoxy) is 1. The van der Waals surface area contributed by atoms with Crippen LogP contribution in [0.5, 0.6) is 0 Å². The molecule has 3 atom stereocenters. The van der Waals surface area contributed by atoms with Gasteiger partial charge in [-0.2, -0.15) is 4.98 Å². The van der Waals surface area contributed by atoms with Crippen molar-refractivity contribution >= 4 is 0 Å². The predicted molar refractivity (Wildman–Crippen MR) is 64.9 cm³/mol. The highest BCUT2D eigenvalue weighted by atomic mass is 19.1. The Hall–Kier alpha value is -1.92. The number of azide groups is 1. The molecule has 0 N–H and O–H groups in total. The van der Waals surface area contributed by atoms with Crippen LogP contribution >= 0.6 is 0 Å². The van der Waals surface area contributed by atoms with Crippen LogP contribution in [0.25, 0.3) is 10.4 Å². The summed E-state index contributed by atoms with van der Waals surface area (Å²) in [4.78, 5) is 18.1. The second kappa shape index (κ2) is 5.38. The Balaban J connectivity index is 2.41. The maximum Gasteiger partial charge on any atom is 0.350 e. The van der Waals surface area contributed by atoms with E-state index >= 15 is 0 Å². The first-order chi connectivity index (χ1) is 9.06. The smallest absolute Gasteiger partial charge is 0.350 e. The molecule has 0 radical (unpaired) electrons. The van der Waals surface area contributed by atoms with Crippen LogP contribution in [0.4, 0.5) is 4.39 Å². The Morgan fingerprint density at radius 2 is 2.47 bits per heavy atom. The van der Waals surface area contributed by atoms with Gasteiger partial charge >= 0.3 is 5.69 Å². The van der Waals surface area contributed by atoms with Gasteiger partial charge in [0.2, 0.25) is 0 Å². The lowest BCUT2D eigenvalue weighted by atomic mass is 10.1. The van der Waals surface area contributed by atoms with E-state index in [1.807, 2.05) is 6.92 Å². The Kier molecular flexibility index (Phi) is 3.82. The number of rotatable bonds is 3. The van der Waals surface area contributed by atoms with E-state index in [9.17, 15) is 9.18 Å². The molecular formula is C11H14FN5O2. The molecule has 8 heteroatoms. The SMILES string of the molecule is CC[C@H]1CC(N=[N+]=[N-])[C@@H](n2cc(F)c(C)nc2=O)O1. The summed E-state index contributed by atoms with van der Waals surface area (Å²) in [5, 5.41) is 3.62. The monoisotopic (exact) mass is 267 g/mol. The second-order valence-corrected chi connectivity index (χ2v) is 4.43. The molecule has 19 heavy (non-hydrogen) atoms. The van der Waals surface area contributed by atoms with Crippen molar-refractivity contribution in [2.24, 2.45) is 5.11 Å². The van der Waals surface area contributed by atoms with Gasteiger partial charge in [-0.25, -0.2) is 9.18 Å². The van der Waals surface area contributed by atoms with Crippen LogP contribution in [-0.2, 0) is 4.74 Å². The third kappa shape index (κ3) is 2.59. The number of halogens is 1. The molecule has 0 spiro atoms. The minimum atomic E-state index is -0.795. The molecule has 0 aliphatic carbocycles. The molecule has 1 aliphatic rings. The van der Waals surface area contributed by atoms with Crippen molar-refractivity contribution in [2.45, 2.75) is 45.1 Å². The van der Waals surface area contributed by atoms with E-state index in [1.54, 1.807) is 0 Å². The summed E-state index contributed by atoms with van der Waals surface area (Å²) < 4.78 is 20.2. The average Bonchev–Trinajstić information content (AvgIpc) is 2.77. The summed E-state index contributed by atoms with van der Waals surface area (Å²) in [6, 6.07) is -0.531. The van der Waals surface area contributed by atoms with Crippen molar-refractivity contribution in [3.63, 3.8) is 0 Å². The van der Waals surface area contributed by atoms with Crippen molar-refractivity contribution in [1.29, 1.82) is 0 Å². The van der Waals surface area contributed by atoms with Gasteiger partial charge in [-0.3, -0.25) is 4.57 Å². The summed E-state index contributed by atoms with van der Waals surface area (Å²) in [5.41, 5.74) is 7.97. The van der Waals surface area contributed by atoms with Crippen LogP contribution in [0.1, 0.15) is 31.7 Å². The van der Waals surface area contributed by atoms with Crippen molar-refractivity contribution in [2.75, 3.05) is 0 Å². The molecule has 1 unspecified atom stereocenters. The molecule has 0 saturated carbocycles. The minimum absolute atomic E-state index is 0.0339. The van der Waals surface area contributed by atoms with Gasteiger partial charge in [0.1, 0.15) is 6.23 Å². The van der Waals surface area contributed by atoms with Gasteiger partial charge in [0.05, 0.1) is 17.8 Å². The average molecular weight is 267 g/mol. The standard InChI is InChI=1S/C11H14FN5O2/c1-3-7-4-9(15-16-13)10(19-7)17-5-8(12)6(2)14-11(17)18/h5,7,9-10H,3-4H2,1-2H3/t7-,9?,10-/m0/s1. The molecule has 2 heterocycles. The quantitative estimate of drug-likeness (QED) is 0.476. The summed E-state index contributed by atoms with van der Waals surface area (Å²) in [6.07, 6.45) is 1.37. The zero-order chi connectivity index (χ0) is 14.0. The molecule has 0 aromatic carbocycles. The van der Waals surface area contributed by atoms with Crippen LogP contribution < -0.4 is 5.69 Å². The van der Waals surface area contributed by atoms with Crippen LogP contribution in [-0.4, -0.2) is 21.7 Å². The minimum Gasteiger partial charge on any atom is -0.354 e. The van der Waals surface area contributed by atoms with Gasteiger partial charge in [-0.1, -0.05) is 12.0 Å². The zero-order valence-corrected chi connectivity index (χ0v) is 10.7. The molecule has 1 aromatic heterocycles. The van der Waals surface area contributed by atoms with Gasteiger partial charge < -0.3 is 4.74 Å². The summed E-state index contributed by atoms with van der Waals surface area (Å²) in [7, 11) is 0. The van der Waals surface area contributed by atoms with Crippen LogP contribution in [0, 0.1) is 12.7 Å². The fourth-order valence-electron chi connectivity index (χ4n) is 2.12. The van der Waals surface area contributed by atoms with Crippen molar-refractivity contribution in [1.82, 2.24) is 9.55 Å². The predicted octanol–water partition coefficient (Wildman–Crippen LogP) is 2.07. The molecule has 1 aromatic rings. The summed E-state index contributed by atoms with van der Waals surface area (Å²) in [5.74, 6) is -0.595. The van der Waals surface area contributed by atoms with Crippen LogP contribution in [0.3, 0.4) is 0 Å². The number of hydrogen-bond donors (Lipinski definition) is 0. The maximum absolute atomic E-state index is 13.5. The Morgan fingerprint density at radius 3 is 3.11 bits per heavy atom. The van der Waals surface area contributed by atoms with E-state index in [-0.39, 0.29) is 11.8 Å². The van der Waals surface area contributed by atoms with E-state index in [0.29, 0.717) is 6.42 Å². The molecule has 102 valence electrons. The van der Waals surface area contributed by atoms with Gasteiger partial charge in [0, 0.05) is 11.1 Å². The normalized spacial score (nSPS) is 26.2. The van der Waals surface area contributed by atoms with Gasteiger partial charge in [0.15, 0.2) is 5.82 Å². The maximum atomic E-state index is 13.5. The van der Waals surface area contributed by atoms with E-state index < -0.39 is 23.8 Å². The van der Waals surface area contributed by atoms with Crippen molar-refractivity contribution < 1.29 is 9.13 Å². The third-order valence-corrected chi connectivity index (χ3v) is 3.18. The molecular weight excluding hydrogens is 253 g/mol. The van der Waals surface area contributed by atoms with Crippen molar-refractivity contribution in [3.05, 3.63) is 38.6 Å². The first-order valence-electron chi connectivity index (χ1n) is 6.01. The number of aryl methyl sites for hydroxylation is 1. The molecule has 7 nitrogen and oxygen atoms in total. The van der Waals surface area contributed by atoms with Gasteiger partial charge in [-0.15, -0.1) is 0 Å². The van der Waals surface area contributed by atoms with Gasteiger partial charge in [0.25, 0.3) is 0 Å². The lowest BCUT2D eigenvalue weighted by Gasteiger charge is -2.17. The number of nitrogens with zero attached hydrogens (tertiary/aromatic N) is 5. The summed E-state index contributed by atoms with van der Waals surface area (Å²) in [6.45, 7) is 3.34. The fourth-order valence-corrected chi connectivity index (χ4v) is 2.12. The molecule has 0 amide bonds. The van der Waals surface area contributed by atoms with Crippen LogP contribution in [0.15, 0.2) is 16.1 Å². The Morgan fingerprint density at radius 1 is 1.74 bits per heavy atom. The van der Waals surface area contributed by atoms with Crippen LogP contribution in [0.2, 0.25) is 0 Å². The number of aromatic nitrogens is 2. The van der Waals surface area contributed by atoms with E-state index in [4.69, 9.17) is 10.3 Å². The molecule has 1 aliphatic heterocycles. The highest BCUT2D eigenvalue weighted by molar-refractivity contribution is 5.01.